The molecule has 0 radical (unpaired) electrons. The fraction of sp³-hybridized carbons (Fsp3) is 0.643. The number of aliphatic hydroxyl groups excluding tert-OH is 1. The largest absolute Gasteiger partial charge is 0.467 e. The predicted molar refractivity (Wildman–Crippen MR) is 78.8 cm³/mol. The first-order chi connectivity index (χ1) is 9.20. The Kier molecular flexibility index (Phi) is 7.05. The summed E-state index contributed by atoms with van der Waals surface area (Å²) < 4.78 is 5.11. The van der Waals surface area contributed by atoms with Gasteiger partial charge in [-0.2, -0.15) is 0 Å². The zero-order valence-corrected chi connectivity index (χ0v) is 12.3. The van der Waals surface area contributed by atoms with E-state index < -0.39 is 6.10 Å². The van der Waals surface area contributed by atoms with E-state index in [0.717, 1.165) is 12.8 Å². The van der Waals surface area contributed by atoms with Crippen molar-refractivity contribution in [3.05, 3.63) is 23.7 Å². The molecule has 1 fully saturated rings. The van der Waals surface area contributed by atoms with Crippen LogP contribution in [0.25, 0.3) is 0 Å². The molecule has 1 amide bonds. The molecule has 4 N–H and O–H groups in total. The molecule has 0 saturated heterocycles. The molecule has 0 bridgehead atoms. The minimum absolute atomic E-state index is 0. The zero-order chi connectivity index (χ0) is 13.7. The maximum Gasteiger partial charge on any atom is 0.254 e. The predicted octanol–water partition coefficient (Wildman–Crippen LogP) is 1.83. The van der Waals surface area contributed by atoms with E-state index in [-0.39, 0.29) is 24.9 Å². The number of halogens is 1. The lowest BCUT2D eigenvalue weighted by molar-refractivity contribution is 0.0738. The SMILES string of the molecule is Cl.NCc1cc(C(=O)NCC(O)C2CCCCC2)co1. The number of nitrogens with two attached hydrogens (primary N) is 1. The molecule has 1 aliphatic rings. The van der Waals surface area contributed by atoms with Crippen LogP contribution in [0.5, 0.6) is 0 Å². The van der Waals surface area contributed by atoms with Gasteiger partial charge in [0.2, 0.25) is 0 Å². The summed E-state index contributed by atoms with van der Waals surface area (Å²) in [6, 6.07) is 1.63. The van der Waals surface area contributed by atoms with E-state index in [1.807, 2.05) is 0 Å². The van der Waals surface area contributed by atoms with Gasteiger partial charge in [0.15, 0.2) is 0 Å². The molecule has 1 aliphatic carbocycles. The number of nitrogens with one attached hydrogen (secondary N) is 1. The summed E-state index contributed by atoms with van der Waals surface area (Å²) >= 11 is 0. The number of carbonyl (C=O) groups excluding carboxylic acids is 1. The summed E-state index contributed by atoms with van der Waals surface area (Å²) in [5.74, 6) is 0.675. The van der Waals surface area contributed by atoms with Gasteiger partial charge in [0.05, 0.1) is 18.2 Å². The van der Waals surface area contributed by atoms with E-state index in [2.05, 4.69) is 5.32 Å². The smallest absolute Gasteiger partial charge is 0.254 e. The van der Waals surface area contributed by atoms with Crippen LogP contribution in [0, 0.1) is 5.92 Å². The second-order valence-corrected chi connectivity index (χ2v) is 5.18. The van der Waals surface area contributed by atoms with Crippen LogP contribution in [-0.2, 0) is 6.54 Å². The average molecular weight is 303 g/mol. The molecule has 0 aliphatic heterocycles. The van der Waals surface area contributed by atoms with E-state index in [9.17, 15) is 9.90 Å². The first-order valence-electron chi connectivity index (χ1n) is 6.94. The van der Waals surface area contributed by atoms with Crippen molar-refractivity contribution in [2.45, 2.75) is 44.8 Å². The van der Waals surface area contributed by atoms with Crippen molar-refractivity contribution >= 4 is 18.3 Å². The molecule has 0 aromatic carbocycles. The fourth-order valence-corrected chi connectivity index (χ4v) is 2.59. The minimum Gasteiger partial charge on any atom is -0.467 e. The van der Waals surface area contributed by atoms with Gasteiger partial charge < -0.3 is 20.6 Å². The van der Waals surface area contributed by atoms with E-state index >= 15 is 0 Å². The van der Waals surface area contributed by atoms with Crippen molar-refractivity contribution in [1.29, 1.82) is 0 Å². The van der Waals surface area contributed by atoms with Crippen molar-refractivity contribution in [1.82, 2.24) is 5.32 Å². The molecular weight excluding hydrogens is 280 g/mol. The number of rotatable bonds is 5. The highest BCUT2D eigenvalue weighted by Gasteiger charge is 2.22. The Morgan fingerprint density at radius 2 is 2.15 bits per heavy atom. The van der Waals surface area contributed by atoms with Crippen molar-refractivity contribution in [3.63, 3.8) is 0 Å². The second kappa shape index (κ2) is 8.29. The summed E-state index contributed by atoms with van der Waals surface area (Å²) in [6.07, 6.45) is 6.66. The molecule has 1 atom stereocenters. The molecular formula is C14H23ClN2O3. The van der Waals surface area contributed by atoms with Crippen molar-refractivity contribution < 1.29 is 14.3 Å². The standard InChI is InChI=1S/C14H22N2O3.ClH/c15-7-12-6-11(9-19-12)14(18)16-8-13(17)10-4-2-1-3-5-10;/h6,9-10,13,17H,1-5,7-8,15H2,(H,16,18);1H. The zero-order valence-electron chi connectivity index (χ0n) is 11.5. The second-order valence-electron chi connectivity index (χ2n) is 5.18. The average Bonchev–Trinajstić information content (AvgIpc) is 2.94. The maximum absolute atomic E-state index is 11.8. The van der Waals surface area contributed by atoms with Crippen LogP contribution in [0.15, 0.2) is 16.7 Å². The first-order valence-corrected chi connectivity index (χ1v) is 6.94. The summed E-state index contributed by atoms with van der Waals surface area (Å²) in [7, 11) is 0. The highest BCUT2D eigenvalue weighted by molar-refractivity contribution is 5.93. The third-order valence-electron chi connectivity index (χ3n) is 3.78. The third kappa shape index (κ3) is 4.51. The quantitative estimate of drug-likeness (QED) is 0.774. The van der Waals surface area contributed by atoms with Gasteiger partial charge in [0.25, 0.3) is 5.91 Å². The van der Waals surface area contributed by atoms with Crippen LogP contribution in [0.2, 0.25) is 0 Å². The van der Waals surface area contributed by atoms with Crippen LogP contribution >= 0.6 is 12.4 Å². The molecule has 114 valence electrons. The summed E-state index contributed by atoms with van der Waals surface area (Å²) in [6.45, 7) is 0.574. The van der Waals surface area contributed by atoms with Gasteiger partial charge >= 0.3 is 0 Å². The number of amides is 1. The Labute approximate surface area is 125 Å². The van der Waals surface area contributed by atoms with Crippen LogP contribution < -0.4 is 11.1 Å². The normalized spacial score (nSPS) is 17.3. The molecule has 1 aromatic rings. The Morgan fingerprint density at radius 1 is 1.45 bits per heavy atom. The number of furan rings is 1. The van der Waals surface area contributed by atoms with Gasteiger partial charge in [0.1, 0.15) is 12.0 Å². The van der Waals surface area contributed by atoms with Crippen molar-refractivity contribution in [3.8, 4) is 0 Å². The topological polar surface area (TPSA) is 88.5 Å². The third-order valence-corrected chi connectivity index (χ3v) is 3.78. The van der Waals surface area contributed by atoms with Crippen LogP contribution in [0.4, 0.5) is 0 Å². The highest BCUT2D eigenvalue weighted by atomic mass is 35.5. The summed E-state index contributed by atoms with van der Waals surface area (Å²) in [4.78, 5) is 11.8. The Hall–Kier alpha value is -1.04. The fourth-order valence-electron chi connectivity index (χ4n) is 2.59. The monoisotopic (exact) mass is 302 g/mol. The van der Waals surface area contributed by atoms with E-state index in [0.29, 0.717) is 23.8 Å². The molecule has 1 unspecified atom stereocenters. The molecule has 1 heterocycles. The van der Waals surface area contributed by atoms with Gasteiger partial charge in [-0.15, -0.1) is 12.4 Å². The molecule has 1 aromatic heterocycles. The van der Waals surface area contributed by atoms with Gasteiger partial charge in [-0.05, 0) is 24.8 Å². The lowest BCUT2D eigenvalue weighted by Crippen LogP contribution is -2.36. The van der Waals surface area contributed by atoms with Crippen LogP contribution in [0.3, 0.4) is 0 Å². The first kappa shape index (κ1) is 17.0. The molecule has 1 saturated carbocycles. The van der Waals surface area contributed by atoms with E-state index in [1.165, 1.54) is 25.5 Å². The van der Waals surface area contributed by atoms with Crippen molar-refractivity contribution in [2.24, 2.45) is 11.7 Å². The maximum atomic E-state index is 11.8. The van der Waals surface area contributed by atoms with Crippen LogP contribution in [0.1, 0.15) is 48.2 Å². The Morgan fingerprint density at radius 3 is 2.75 bits per heavy atom. The molecule has 0 spiro atoms. The van der Waals surface area contributed by atoms with Gasteiger partial charge in [0, 0.05) is 6.54 Å². The Bertz CT molecular complexity index is 416. The van der Waals surface area contributed by atoms with Gasteiger partial charge in [-0.1, -0.05) is 19.3 Å². The number of carbonyl (C=O) groups is 1. The molecule has 20 heavy (non-hydrogen) atoms. The molecule has 5 nitrogen and oxygen atoms in total. The van der Waals surface area contributed by atoms with Gasteiger partial charge in [-0.3, -0.25) is 4.79 Å². The van der Waals surface area contributed by atoms with Crippen molar-refractivity contribution in [2.75, 3.05) is 6.54 Å². The number of hydrogen-bond donors (Lipinski definition) is 3. The lowest BCUT2D eigenvalue weighted by atomic mass is 9.85. The number of hydrogen-bond acceptors (Lipinski definition) is 4. The minimum atomic E-state index is -0.454. The summed E-state index contributed by atoms with van der Waals surface area (Å²) in [5.41, 5.74) is 5.87. The van der Waals surface area contributed by atoms with E-state index in [1.54, 1.807) is 6.07 Å². The number of aliphatic hydroxyl groups is 1. The van der Waals surface area contributed by atoms with E-state index in [4.69, 9.17) is 10.2 Å². The Balaban J connectivity index is 0.00000200. The molecule has 6 heteroatoms. The lowest BCUT2D eigenvalue weighted by Gasteiger charge is -2.26. The van der Waals surface area contributed by atoms with Gasteiger partial charge in [-0.25, -0.2) is 0 Å². The summed E-state index contributed by atoms with van der Waals surface area (Å²) in [5, 5.41) is 12.8. The highest BCUT2D eigenvalue weighted by Crippen LogP contribution is 2.26. The van der Waals surface area contributed by atoms with Crippen LogP contribution in [-0.4, -0.2) is 23.7 Å². The molecule has 2 rings (SSSR count).